The number of benzene rings is 1. The molecule has 0 saturated heterocycles. The number of anilines is 2. The van der Waals surface area contributed by atoms with Crippen LogP contribution in [-0.4, -0.2) is 5.91 Å². The van der Waals surface area contributed by atoms with Crippen molar-refractivity contribution in [3.05, 3.63) is 44.1 Å². The van der Waals surface area contributed by atoms with Crippen molar-refractivity contribution >= 4 is 44.5 Å². The van der Waals surface area contributed by atoms with Crippen molar-refractivity contribution in [2.75, 3.05) is 11.1 Å². The molecular weight excluding hydrogens is 312 g/mol. The molecule has 0 bridgehead atoms. The molecule has 1 heterocycles. The molecule has 0 unspecified atom stereocenters. The summed E-state index contributed by atoms with van der Waals surface area (Å²) in [4.78, 5) is 13.8. The number of nitrogen functional groups attached to an aromatic ring is 1. The molecule has 2 rings (SSSR count). The first-order valence-corrected chi connectivity index (χ1v) is 7.01. The lowest BCUT2D eigenvalue weighted by Gasteiger charge is -2.09. The molecule has 0 radical (unpaired) electrons. The molecule has 1 aromatic carbocycles. The van der Waals surface area contributed by atoms with Crippen molar-refractivity contribution in [1.82, 2.24) is 0 Å². The fraction of sp³-hybridized carbons (Fsp3) is 0.154. The molecule has 18 heavy (non-hydrogen) atoms. The van der Waals surface area contributed by atoms with Crippen molar-refractivity contribution in [3.63, 3.8) is 0 Å². The van der Waals surface area contributed by atoms with E-state index >= 15 is 0 Å². The number of nitrogens with two attached hydrogens (primary N) is 1. The Bertz CT molecular complexity index is 607. The summed E-state index contributed by atoms with van der Waals surface area (Å²) in [5.74, 6) is -0.114. The van der Waals surface area contributed by atoms with Gasteiger partial charge < -0.3 is 11.1 Å². The summed E-state index contributed by atoms with van der Waals surface area (Å²) in [6, 6.07) is 7.40. The van der Waals surface area contributed by atoms with Crippen molar-refractivity contribution in [1.29, 1.82) is 0 Å². The second-order valence-corrected chi connectivity index (χ2v) is 6.20. The number of hydrogen-bond acceptors (Lipinski definition) is 3. The van der Waals surface area contributed by atoms with Crippen molar-refractivity contribution < 1.29 is 4.79 Å². The lowest BCUT2D eigenvalue weighted by Crippen LogP contribution is -2.11. The molecule has 1 amide bonds. The van der Waals surface area contributed by atoms with Crippen LogP contribution < -0.4 is 11.1 Å². The Kier molecular flexibility index (Phi) is 3.73. The molecule has 0 atom stereocenters. The van der Waals surface area contributed by atoms with E-state index in [9.17, 15) is 4.79 Å². The minimum atomic E-state index is -0.114. The Labute approximate surface area is 118 Å². The highest BCUT2D eigenvalue weighted by molar-refractivity contribution is 9.10. The first kappa shape index (κ1) is 13.1. The number of aryl methyl sites for hydroxylation is 2. The molecular formula is C13H13BrN2OS. The maximum Gasteiger partial charge on any atom is 0.265 e. The van der Waals surface area contributed by atoms with Gasteiger partial charge >= 0.3 is 0 Å². The van der Waals surface area contributed by atoms with Gasteiger partial charge in [-0.2, -0.15) is 0 Å². The van der Waals surface area contributed by atoms with Gasteiger partial charge in [-0.05, 0) is 59.6 Å². The fourth-order valence-corrected chi connectivity index (χ4v) is 2.85. The molecule has 0 saturated carbocycles. The first-order chi connectivity index (χ1) is 8.47. The van der Waals surface area contributed by atoms with E-state index in [4.69, 9.17) is 5.73 Å². The van der Waals surface area contributed by atoms with Crippen LogP contribution in [-0.2, 0) is 0 Å². The normalized spacial score (nSPS) is 10.4. The average Bonchev–Trinajstić information content (AvgIpc) is 2.73. The molecule has 0 fully saturated rings. The van der Waals surface area contributed by atoms with E-state index in [0.717, 1.165) is 14.9 Å². The standard InChI is InChI=1S/C13H13BrN2OS/c1-7-5-9(14)11(6-10(7)15)16-13(17)12-4-3-8(2)18-12/h3-6H,15H2,1-2H3,(H,16,17). The number of halogens is 1. The topological polar surface area (TPSA) is 55.1 Å². The maximum absolute atomic E-state index is 12.0. The zero-order valence-corrected chi connectivity index (χ0v) is 12.5. The van der Waals surface area contributed by atoms with E-state index in [1.54, 1.807) is 6.07 Å². The van der Waals surface area contributed by atoms with Gasteiger partial charge in [0.25, 0.3) is 5.91 Å². The van der Waals surface area contributed by atoms with Gasteiger partial charge in [0.2, 0.25) is 0 Å². The molecule has 94 valence electrons. The van der Waals surface area contributed by atoms with E-state index in [1.807, 2.05) is 32.0 Å². The molecule has 3 N–H and O–H groups in total. The van der Waals surface area contributed by atoms with Crippen LogP contribution in [0.1, 0.15) is 20.1 Å². The third-order valence-corrected chi connectivity index (χ3v) is 4.22. The average molecular weight is 325 g/mol. The summed E-state index contributed by atoms with van der Waals surface area (Å²) in [5, 5.41) is 2.85. The molecule has 5 heteroatoms. The van der Waals surface area contributed by atoms with E-state index in [0.29, 0.717) is 16.3 Å². The Balaban J connectivity index is 2.24. The van der Waals surface area contributed by atoms with E-state index < -0.39 is 0 Å². The number of carbonyl (C=O) groups is 1. The third kappa shape index (κ3) is 2.73. The SMILES string of the molecule is Cc1ccc(C(=O)Nc2cc(N)c(C)cc2Br)s1. The van der Waals surface area contributed by atoms with Gasteiger partial charge in [-0.25, -0.2) is 0 Å². The molecule has 0 aliphatic carbocycles. The summed E-state index contributed by atoms with van der Waals surface area (Å²) in [7, 11) is 0. The third-order valence-electron chi connectivity index (χ3n) is 2.57. The van der Waals surface area contributed by atoms with E-state index in [-0.39, 0.29) is 5.91 Å². The monoisotopic (exact) mass is 324 g/mol. The van der Waals surface area contributed by atoms with Gasteiger partial charge in [-0.15, -0.1) is 11.3 Å². The van der Waals surface area contributed by atoms with Crippen LogP contribution in [0.25, 0.3) is 0 Å². The fourth-order valence-electron chi connectivity index (χ4n) is 1.53. The minimum absolute atomic E-state index is 0.114. The van der Waals surface area contributed by atoms with Crippen molar-refractivity contribution in [2.24, 2.45) is 0 Å². The van der Waals surface area contributed by atoms with E-state index in [1.165, 1.54) is 11.3 Å². The Morgan fingerprint density at radius 3 is 2.67 bits per heavy atom. The second kappa shape index (κ2) is 5.12. The largest absolute Gasteiger partial charge is 0.398 e. The van der Waals surface area contributed by atoms with Crippen LogP contribution in [0.4, 0.5) is 11.4 Å². The number of nitrogens with one attached hydrogen (secondary N) is 1. The van der Waals surface area contributed by atoms with Gasteiger partial charge in [-0.3, -0.25) is 4.79 Å². The van der Waals surface area contributed by atoms with Crippen LogP contribution >= 0.6 is 27.3 Å². The van der Waals surface area contributed by atoms with Gasteiger partial charge in [0.15, 0.2) is 0 Å². The van der Waals surface area contributed by atoms with Gasteiger partial charge in [0, 0.05) is 15.0 Å². The summed E-state index contributed by atoms with van der Waals surface area (Å²) >= 11 is 4.89. The van der Waals surface area contributed by atoms with Crippen LogP contribution in [0.2, 0.25) is 0 Å². The minimum Gasteiger partial charge on any atom is -0.398 e. The lowest BCUT2D eigenvalue weighted by molar-refractivity contribution is 0.103. The molecule has 0 spiro atoms. The Morgan fingerprint density at radius 1 is 1.33 bits per heavy atom. The number of thiophene rings is 1. The van der Waals surface area contributed by atoms with Crippen LogP contribution in [0.15, 0.2) is 28.7 Å². The number of amides is 1. The number of rotatable bonds is 2. The highest BCUT2D eigenvalue weighted by atomic mass is 79.9. The van der Waals surface area contributed by atoms with Crippen LogP contribution in [0.3, 0.4) is 0 Å². The molecule has 1 aromatic heterocycles. The number of carbonyl (C=O) groups excluding carboxylic acids is 1. The zero-order valence-electron chi connectivity index (χ0n) is 10.1. The second-order valence-electron chi connectivity index (χ2n) is 4.05. The quantitative estimate of drug-likeness (QED) is 0.821. The van der Waals surface area contributed by atoms with Crippen molar-refractivity contribution in [2.45, 2.75) is 13.8 Å². The Hall–Kier alpha value is -1.33. The maximum atomic E-state index is 12.0. The molecule has 3 nitrogen and oxygen atoms in total. The van der Waals surface area contributed by atoms with E-state index in [2.05, 4.69) is 21.2 Å². The van der Waals surface area contributed by atoms with Gasteiger partial charge in [0.05, 0.1) is 10.6 Å². The van der Waals surface area contributed by atoms with Gasteiger partial charge in [-0.1, -0.05) is 0 Å². The lowest BCUT2D eigenvalue weighted by atomic mass is 10.2. The summed E-state index contributed by atoms with van der Waals surface area (Å²) in [6.07, 6.45) is 0. The smallest absolute Gasteiger partial charge is 0.265 e. The zero-order chi connectivity index (χ0) is 13.3. The summed E-state index contributed by atoms with van der Waals surface area (Å²) < 4.78 is 0.829. The van der Waals surface area contributed by atoms with Gasteiger partial charge in [0.1, 0.15) is 0 Å². The highest BCUT2D eigenvalue weighted by Gasteiger charge is 2.11. The summed E-state index contributed by atoms with van der Waals surface area (Å²) in [5.41, 5.74) is 8.17. The predicted octanol–water partition coefficient (Wildman–Crippen LogP) is 3.96. The summed E-state index contributed by atoms with van der Waals surface area (Å²) in [6.45, 7) is 3.90. The molecule has 0 aliphatic heterocycles. The van der Waals surface area contributed by atoms with Crippen LogP contribution in [0, 0.1) is 13.8 Å². The predicted molar refractivity (Wildman–Crippen MR) is 80.3 cm³/mol. The molecule has 0 aliphatic rings. The highest BCUT2D eigenvalue weighted by Crippen LogP contribution is 2.28. The Morgan fingerprint density at radius 2 is 2.06 bits per heavy atom. The number of hydrogen-bond donors (Lipinski definition) is 2. The van der Waals surface area contributed by atoms with Crippen LogP contribution in [0.5, 0.6) is 0 Å². The molecule has 2 aromatic rings. The van der Waals surface area contributed by atoms with Crippen molar-refractivity contribution in [3.8, 4) is 0 Å². The first-order valence-electron chi connectivity index (χ1n) is 5.41.